The van der Waals surface area contributed by atoms with Gasteiger partial charge < -0.3 is 9.84 Å². The third-order valence-corrected chi connectivity index (χ3v) is 3.36. The van der Waals surface area contributed by atoms with Crippen LogP contribution < -0.4 is 5.32 Å². The molecule has 4 nitrogen and oxygen atoms in total. The lowest BCUT2D eigenvalue weighted by molar-refractivity contribution is 0.188. The highest BCUT2D eigenvalue weighted by molar-refractivity contribution is 5.06. The summed E-state index contributed by atoms with van der Waals surface area (Å²) >= 11 is 0. The van der Waals surface area contributed by atoms with E-state index in [0.717, 1.165) is 37.1 Å². The predicted octanol–water partition coefficient (Wildman–Crippen LogP) is 2.55. The number of nitrogens with one attached hydrogen (secondary N) is 1. The van der Waals surface area contributed by atoms with Crippen molar-refractivity contribution in [1.82, 2.24) is 15.4 Å². The Balaban J connectivity index is 1.83. The van der Waals surface area contributed by atoms with E-state index in [2.05, 4.69) is 42.2 Å². The lowest BCUT2D eigenvalue weighted by atomic mass is 10.2. The minimum Gasteiger partial charge on any atom is -0.360 e. The molecule has 1 aliphatic carbocycles. The van der Waals surface area contributed by atoms with E-state index in [4.69, 9.17) is 4.52 Å². The molecule has 1 heterocycles. The molecule has 1 aromatic rings. The molecule has 1 aromatic heterocycles. The molecule has 102 valence electrons. The summed E-state index contributed by atoms with van der Waals surface area (Å²) in [6.45, 7) is 9.46. The molecule has 0 bridgehead atoms. The third kappa shape index (κ3) is 4.10. The molecule has 1 N–H and O–H groups in total. The molecule has 0 radical (unpaired) electrons. The first-order chi connectivity index (χ1) is 8.69. The lowest BCUT2D eigenvalue weighted by Gasteiger charge is -2.24. The summed E-state index contributed by atoms with van der Waals surface area (Å²) in [4.78, 5) is 2.42. The summed E-state index contributed by atoms with van der Waals surface area (Å²) in [5.41, 5.74) is 1.03. The van der Waals surface area contributed by atoms with Crippen molar-refractivity contribution in [2.24, 2.45) is 0 Å². The highest BCUT2D eigenvalue weighted by Crippen LogP contribution is 2.19. The second-order valence-electron chi connectivity index (χ2n) is 5.50. The van der Waals surface area contributed by atoms with Crippen LogP contribution in [0.3, 0.4) is 0 Å². The van der Waals surface area contributed by atoms with E-state index in [1.165, 1.54) is 19.3 Å². The van der Waals surface area contributed by atoms with Gasteiger partial charge in [0, 0.05) is 24.7 Å². The van der Waals surface area contributed by atoms with Crippen molar-refractivity contribution < 1.29 is 4.52 Å². The van der Waals surface area contributed by atoms with Crippen molar-refractivity contribution in [2.75, 3.05) is 6.54 Å². The molecule has 4 heteroatoms. The van der Waals surface area contributed by atoms with Crippen molar-refractivity contribution in [3.05, 3.63) is 17.5 Å². The summed E-state index contributed by atoms with van der Waals surface area (Å²) in [5, 5.41) is 7.58. The minimum absolute atomic E-state index is 0.545. The zero-order valence-corrected chi connectivity index (χ0v) is 11.8. The number of nitrogens with zero attached hydrogens (tertiary/aromatic N) is 2. The number of hydrogen-bond acceptors (Lipinski definition) is 4. The van der Waals surface area contributed by atoms with Gasteiger partial charge in [0.05, 0.1) is 12.2 Å². The van der Waals surface area contributed by atoms with Gasteiger partial charge in [0.1, 0.15) is 0 Å². The van der Waals surface area contributed by atoms with Crippen LogP contribution in [-0.2, 0) is 13.1 Å². The molecule has 0 amide bonds. The topological polar surface area (TPSA) is 41.3 Å². The normalized spacial score (nSPS) is 15.8. The predicted molar refractivity (Wildman–Crippen MR) is 72.2 cm³/mol. The summed E-state index contributed by atoms with van der Waals surface area (Å²) in [5.74, 6) is 0.977. The molecule has 0 atom stereocenters. The van der Waals surface area contributed by atoms with Gasteiger partial charge in [-0.15, -0.1) is 0 Å². The summed E-state index contributed by atoms with van der Waals surface area (Å²) < 4.78 is 5.41. The molecule has 0 aromatic carbocycles. The van der Waals surface area contributed by atoms with Crippen molar-refractivity contribution in [3.63, 3.8) is 0 Å². The average Bonchev–Trinajstić information content (AvgIpc) is 3.06. The zero-order valence-electron chi connectivity index (χ0n) is 11.8. The van der Waals surface area contributed by atoms with Crippen molar-refractivity contribution in [1.29, 1.82) is 0 Å². The van der Waals surface area contributed by atoms with Crippen LogP contribution in [-0.4, -0.2) is 28.7 Å². The second kappa shape index (κ2) is 6.34. The van der Waals surface area contributed by atoms with Crippen LogP contribution in [0.4, 0.5) is 0 Å². The molecule has 1 saturated carbocycles. The van der Waals surface area contributed by atoms with Crippen LogP contribution in [0.5, 0.6) is 0 Å². The number of aromatic nitrogens is 1. The first-order valence-electron chi connectivity index (χ1n) is 7.11. The Bertz CT molecular complexity index is 358. The quantitative estimate of drug-likeness (QED) is 0.771. The van der Waals surface area contributed by atoms with E-state index in [0.29, 0.717) is 6.04 Å². The summed E-state index contributed by atoms with van der Waals surface area (Å²) in [6.07, 6.45) is 3.78. The van der Waals surface area contributed by atoms with Gasteiger partial charge in [0.15, 0.2) is 5.76 Å². The van der Waals surface area contributed by atoms with Gasteiger partial charge in [-0.05, 0) is 39.7 Å². The van der Waals surface area contributed by atoms with E-state index in [1.807, 2.05) is 0 Å². The lowest BCUT2D eigenvalue weighted by Crippen LogP contribution is -2.30. The van der Waals surface area contributed by atoms with Gasteiger partial charge in [0.2, 0.25) is 0 Å². The van der Waals surface area contributed by atoms with Crippen molar-refractivity contribution in [3.8, 4) is 0 Å². The van der Waals surface area contributed by atoms with E-state index in [9.17, 15) is 0 Å². The Morgan fingerprint density at radius 3 is 2.89 bits per heavy atom. The molecule has 0 aliphatic heterocycles. The molecular formula is C14H25N3O. The maximum atomic E-state index is 5.41. The fourth-order valence-corrected chi connectivity index (χ4v) is 2.06. The van der Waals surface area contributed by atoms with Crippen LogP contribution in [0, 0.1) is 0 Å². The maximum absolute atomic E-state index is 5.41. The first kappa shape index (κ1) is 13.6. The fourth-order valence-electron chi connectivity index (χ4n) is 2.06. The molecule has 1 aliphatic rings. The molecule has 0 saturated heterocycles. The van der Waals surface area contributed by atoms with Gasteiger partial charge in [-0.25, -0.2) is 0 Å². The maximum Gasteiger partial charge on any atom is 0.151 e. The Morgan fingerprint density at radius 2 is 2.28 bits per heavy atom. The number of hydrogen-bond donors (Lipinski definition) is 1. The van der Waals surface area contributed by atoms with Crippen LogP contribution in [0.25, 0.3) is 0 Å². The summed E-state index contributed by atoms with van der Waals surface area (Å²) in [7, 11) is 0. The Labute approximate surface area is 110 Å². The molecular weight excluding hydrogens is 226 g/mol. The van der Waals surface area contributed by atoms with E-state index in [-0.39, 0.29) is 0 Å². The van der Waals surface area contributed by atoms with Crippen molar-refractivity contribution in [2.45, 2.75) is 65.2 Å². The van der Waals surface area contributed by atoms with E-state index >= 15 is 0 Å². The largest absolute Gasteiger partial charge is 0.360 e. The summed E-state index contributed by atoms with van der Waals surface area (Å²) in [6, 6.07) is 3.35. The Hall–Kier alpha value is -0.870. The van der Waals surface area contributed by atoms with Gasteiger partial charge in [-0.3, -0.25) is 4.90 Å². The molecule has 1 fully saturated rings. The van der Waals surface area contributed by atoms with Crippen LogP contribution in [0.15, 0.2) is 10.6 Å². The Morgan fingerprint density at radius 1 is 1.50 bits per heavy atom. The highest BCUT2D eigenvalue weighted by Gasteiger charge is 2.20. The SMILES string of the molecule is CCCN(Cc1cc(CNC2CC2)no1)C(C)C. The average molecular weight is 251 g/mol. The van der Waals surface area contributed by atoms with E-state index < -0.39 is 0 Å². The van der Waals surface area contributed by atoms with Crippen LogP contribution >= 0.6 is 0 Å². The fraction of sp³-hybridized carbons (Fsp3) is 0.786. The molecule has 0 spiro atoms. The standard InChI is InChI=1S/C14H25N3O/c1-4-7-17(11(2)3)10-14-8-13(16-18-14)9-15-12-5-6-12/h8,11-12,15H,4-7,9-10H2,1-3H3. The van der Waals surface area contributed by atoms with Crippen molar-refractivity contribution >= 4 is 0 Å². The molecule has 0 unspecified atom stereocenters. The monoisotopic (exact) mass is 251 g/mol. The Kier molecular flexibility index (Phi) is 4.78. The highest BCUT2D eigenvalue weighted by atomic mass is 16.5. The first-order valence-corrected chi connectivity index (χ1v) is 7.11. The zero-order chi connectivity index (χ0) is 13.0. The minimum atomic E-state index is 0.545. The van der Waals surface area contributed by atoms with Gasteiger partial charge >= 0.3 is 0 Å². The van der Waals surface area contributed by atoms with Crippen LogP contribution in [0.2, 0.25) is 0 Å². The molecule has 2 rings (SSSR count). The molecule has 18 heavy (non-hydrogen) atoms. The van der Waals surface area contributed by atoms with Crippen LogP contribution in [0.1, 0.15) is 51.5 Å². The second-order valence-corrected chi connectivity index (χ2v) is 5.50. The van der Waals surface area contributed by atoms with Gasteiger partial charge in [-0.1, -0.05) is 12.1 Å². The third-order valence-electron chi connectivity index (χ3n) is 3.36. The smallest absolute Gasteiger partial charge is 0.151 e. The van der Waals surface area contributed by atoms with E-state index in [1.54, 1.807) is 0 Å². The van der Waals surface area contributed by atoms with Gasteiger partial charge in [0.25, 0.3) is 0 Å². The van der Waals surface area contributed by atoms with Gasteiger partial charge in [-0.2, -0.15) is 0 Å². The number of rotatable bonds is 8.